The number of carbonyl (C=O) groups excluding carboxylic acids is 1. The SMILES string of the molecule is COc1ccnc(C(=O)NC2C[C@@H](Cc3ccccc3)O[C@@H](C)C2)c1O. The molecular weight excluding hydrogens is 332 g/mol. The molecule has 1 saturated heterocycles. The lowest BCUT2D eigenvalue weighted by Gasteiger charge is -2.34. The largest absolute Gasteiger partial charge is 0.503 e. The normalized spacial score (nSPS) is 22.6. The number of benzene rings is 1. The smallest absolute Gasteiger partial charge is 0.274 e. The maximum absolute atomic E-state index is 12.5. The monoisotopic (exact) mass is 356 g/mol. The van der Waals surface area contributed by atoms with E-state index < -0.39 is 5.91 Å². The number of aromatic hydroxyl groups is 1. The molecule has 138 valence electrons. The first-order chi connectivity index (χ1) is 12.6. The van der Waals surface area contributed by atoms with Gasteiger partial charge in [-0.3, -0.25) is 4.79 Å². The average molecular weight is 356 g/mol. The number of carbonyl (C=O) groups is 1. The first-order valence-corrected chi connectivity index (χ1v) is 8.79. The maximum atomic E-state index is 12.5. The fraction of sp³-hybridized carbons (Fsp3) is 0.400. The molecule has 1 fully saturated rings. The molecule has 1 aromatic carbocycles. The number of ether oxygens (including phenoxy) is 2. The number of nitrogens with one attached hydrogen (secondary N) is 1. The molecule has 6 nitrogen and oxygen atoms in total. The van der Waals surface area contributed by atoms with E-state index in [1.807, 2.05) is 25.1 Å². The number of amides is 1. The van der Waals surface area contributed by atoms with Gasteiger partial charge in [0.05, 0.1) is 19.3 Å². The van der Waals surface area contributed by atoms with Crippen LogP contribution in [-0.4, -0.2) is 41.4 Å². The van der Waals surface area contributed by atoms with E-state index in [1.54, 1.807) is 0 Å². The Balaban J connectivity index is 1.66. The van der Waals surface area contributed by atoms with Gasteiger partial charge in [0.15, 0.2) is 17.2 Å². The number of hydrogen-bond donors (Lipinski definition) is 2. The number of nitrogens with zero attached hydrogens (tertiary/aromatic N) is 1. The number of methoxy groups -OCH3 is 1. The standard InChI is InChI=1S/C20H24N2O4/c1-13-10-15(12-16(26-13)11-14-6-4-3-5-7-14)22-20(24)18-19(23)17(25-2)8-9-21-18/h3-9,13,15-16,23H,10-12H2,1-2H3,(H,22,24)/t13-,15?,16+/m0/s1. The van der Waals surface area contributed by atoms with Crippen molar-refractivity contribution in [2.75, 3.05) is 7.11 Å². The third-order valence-corrected chi connectivity index (χ3v) is 4.55. The van der Waals surface area contributed by atoms with Crippen molar-refractivity contribution in [2.45, 2.75) is 44.4 Å². The van der Waals surface area contributed by atoms with Gasteiger partial charge in [0, 0.05) is 18.3 Å². The zero-order chi connectivity index (χ0) is 18.5. The van der Waals surface area contributed by atoms with Crippen molar-refractivity contribution in [1.82, 2.24) is 10.3 Å². The van der Waals surface area contributed by atoms with Gasteiger partial charge >= 0.3 is 0 Å². The fourth-order valence-electron chi connectivity index (χ4n) is 3.40. The highest BCUT2D eigenvalue weighted by Crippen LogP contribution is 2.28. The molecule has 3 atom stereocenters. The molecule has 0 bridgehead atoms. The quantitative estimate of drug-likeness (QED) is 0.861. The zero-order valence-corrected chi connectivity index (χ0v) is 15.0. The zero-order valence-electron chi connectivity index (χ0n) is 15.0. The van der Waals surface area contributed by atoms with Gasteiger partial charge < -0.3 is 19.9 Å². The third-order valence-electron chi connectivity index (χ3n) is 4.55. The van der Waals surface area contributed by atoms with Crippen LogP contribution in [-0.2, 0) is 11.2 Å². The molecular formula is C20H24N2O4. The second-order valence-electron chi connectivity index (χ2n) is 6.61. The van der Waals surface area contributed by atoms with E-state index in [1.165, 1.54) is 24.9 Å². The molecule has 1 aliphatic rings. The van der Waals surface area contributed by atoms with Crippen molar-refractivity contribution in [2.24, 2.45) is 0 Å². The van der Waals surface area contributed by atoms with Crippen molar-refractivity contribution in [3.8, 4) is 11.5 Å². The van der Waals surface area contributed by atoms with Crippen LogP contribution in [0.5, 0.6) is 11.5 Å². The Morgan fingerprint density at radius 1 is 1.31 bits per heavy atom. The van der Waals surface area contributed by atoms with Crippen LogP contribution >= 0.6 is 0 Å². The Morgan fingerprint density at radius 3 is 2.81 bits per heavy atom. The molecule has 0 aliphatic carbocycles. The van der Waals surface area contributed by atoms with Crippen molar-refractivity contribution in [1.29, 1.82) is 0 Å². The van der Waals surface area contributed by atoms with Gasteiger partial charge in [-0.25, -0.2) is 4.98 Å². The molecule has 0 radical (unpaired) electrons. The van der Waals surface area contributed by atoms with E-state index in [4.69, 9.17) is 9.47 Å². The Morgan fingerprint density at radius 2 is 2.08 bits per heavy atom. The van der Waals surface area contributed by atoms with Crippen LogP contribution in [0.15, 0.2) is 42.6 Å². The Bertz CT molecular complexity index is 751. The summed E-state index contributed by atoms with van der Waals surface area (Å²) in [4.78, 5) is 16.5. The summed E-state index contributed by atoms with van der Waals surface area (Å²) < 4.78 is 11.1. The first kappa shape index (κ1) is 18.2. The summed E-state index contributed by atoms with van der Waals surface area (Å²) in [5.74, 6) is -0.417. The van der Waals surface area contributed by atoms with E-state index in [-0.39, 0.29) is 35.4 Å². The fourth-order valence-corrected chi connectivity index (χ4v) is 3.40. The number of hydrogen-bond acceptors (Lipinski definition) is 5. The average Bonchev–Trinajstić information content (AvgIpc) is 2.62. The molecule has 3 rings (SSSR count). The highest BCUT2D eigenvalue weighted by molar-refractivity contribution is 5.95. The Kier molecular flexibility index (Phi) is 5.73. The molecule has 1 aromatic heterocycles. The first-order valence-electron chi connectivity index (χ1n) is 8.79. The lowest BCUT2D eigenvalue weighted by Crippen LogP contribution is -2.45. The molecule has 2 heterocycles. The van der Waals surface area contributed by atoms with Crippen molar-refractivity contribution < 1.29 is 19.4 Å². The molecule has 2 aromatic rings. The molecule has 1 amide bonds. The minimum Gasteiger partial charge on any atom is -0.503 e. The summed E-state index contributed by atoms with van der Waals surface area (Å²) >= 11 is 0. The minimum atomic E-state index is -0.404. The predicted octanol–water partition coefficient (Wildman–Crippen LogP) is 2.70. The van der Waals surface area contributed by atoms with E-state index in [9.17, 15) is 9.90 Å². The molecule has 6 heteroatoms. The van der Waals surface area contributed by atoms with Gasteiger partial charge in [-0.05, 0) is 31.7 Å². The molecule has 0 spiro atoms. The molecule has 1 aliphatic heterocycles. The summed E-state index contributed by atoms with van der Waals surface area (Å²) in [6.45, 7) is 2.01. The predicted molar refractivity (Wildman–Crippen MR) is 97.4 cm³/mol. The van der Waals surface area contributed by atoms with E-state index in [0.717, 1.165) is 19.3 Å². The molecule has 2 N–H and O–H groups in total. The van der Waals surface area contributed by atoms with Crippen LogP contribution in [0.2, 0.25) is 0 Å². The topological polar surface area (TPSA) is 80.7 Å². The van der Waals surface area contributed by atoms with Crippen LogP contribution in [0, 0.1) is 0 Å². The van der Waals surface area contributed by atoms with Crippen molar-refractivity contribution in [3.63, 3.8) is 0 Å². The van der Waals surface area contributed by atoms with E-state index >= 15 is 0 Å². The second-order valence-corrected chi connectivity index (χ2v) is 6.61. The number of rotatable bonds is 5. The lowest BCUT2D eigenvalue weighted by atomic mass is 9.94. The van der Waals surface area contributed by atoms with Crippen molar-refractivity contribution >= 4 is 5.91 Å². The summed E-state index contributed by atoms with van der Waals surface area (Å²) in [5, 5.41) is 13.1. The summed E-state index contributed by atoms with van der Waals surface area (Å²) in [6.07, 6.45) is 3.78. The second kappa shape index (κ2) is 8.19. The Hall–Kier alpha value is -2.60. The van der Waals surface area contributed by atoms with Gasteiger partial charge in [0.25, 0.3) is 5.91 Å². The molecule has 26 heavy (non-hydrogen) atoms. The van der Waals surface area contributed by atoms with Crippen molar-refractivity contribution in [3.05, 3.63) is 53.9 Å². The van der Waals surface area contributed by atoms with Crippen LogP contribution in [0.3, 0.4) is 0 Å². The van der Waals surface area contributed by atoms with Crippen LogP contribution in [0.25, 0.3) is 0 Å². The van der Waals surface area contributed by atoms with E-state index in [0.29, 0.717) is 0 Å². The highest BCUT2D eigenvalue weighted by atomic mass is 16.5. The van der Waals surface area contributed by atoms with Gasteiger partial charge in [0.2, 0.25) is 0 Å². The maximum Gasteiger partial charge on any atom is 0.274 e. The van der Waals surface area contributed by atoms with Gasteiger partial charge in [-0.15, -0.1) is 0 Å². The number of aromatic nitrogens is 1. The van der Waals surface area contributed by atoms with Gasteiger partial charge in [-0.1, -0.05) is 30.3 Å². The summed E-state index contributed by atoms with van der Waals surface area (Å²) in [5.41, 5.74) is 1.19. The number of pyridine rings is 1. The van der Waals surface area contributed by atoms with Crippen LogP contribution in [0.1, 0.15) is 35.8 Å². The molecule has 0 saturated carbocycles. The van der Waals surface area contributed by atoms with Crippen LogP contribution in [0.4, 0.5) is 0 Å². The summed E-state index contributed by atoms with van der Waals surface area (Å²) in [6, 6.07) is 11.6. The van der Waals surface area contributed by atoms with Gasteiger partial charge in [-0.2, -0.15) is 0 Å². The minimum absolute atomic E-state index is 0.0249. The van der Waals surface area contributed by atoms with Gasteiger partial charge in [0.1, 0.15) is 0 Å². The molecule has 1 unspecified atom stereocenters. The Labute approximate surface area is 153 Å². The van der Waals surface area contributed by atoms with E-state index in [2.05, 4.69) is 22.4 Å². The third kappa shape index (κ3) is 4.32. The van der Waals surface area contributed by atoms with Crippen LogP contribution < -0.4 is 10.1 Å². The summed E-state index contributed by atoms with van der Waals surface area (Å²) in [7, 11) is 1.44. The highest BCUT2D eigenvalue weighted by Gasteiger charge is 2.29. The lowest BCUT2D eigenvalue weighted by molar-refractivity contribution is -0.0498.